The van der Waals surface area contributed by atoms with Crippen molar-refractivity contribution in [3.63, 3.8) is 0 Å². The summed E-state index contributed by atoms with van der Waals surface area (Å²) < 4.78 is 7.63. The van der Waals surface area contributed by atoms with Crippen molar-refractivity contribution in [3.05, 3.63) is 29.0 Å². The van der Waals surface area contributed by atoms with Crippen molar-refractivity contribution in [3.8, 4) is 0 Å². The van der Waals surface area contributed by atoms with Gasteiger partial charge in [0.05, 0.1) is 17.6 Å². The van der Waals surface area contributed by atoms with Gasteiger partial charge >= 0.3 is 0 Å². The molecule has 2 N–H and O–H groups in total. The fourth-order valence-electron chi connectivity index (χ4n) is 2.04. The van der Waals surface area contributed by atoms with Gasteiger partial charge in [-0.25, -0.2) is 4.98 Å². The Bertz CT molecular complexity index is 536. The highest BCUT2D eigenvalue weighted by Gasteiger charge is 2.13. The minimum Gasteiger partial charge on any atom is -0.372 e. The molecule has 0 spiro atoms. The Balaban J connectivity index is 2.41. The van der Waals surface area contributed by atoms with Gasteiger partial charge in [-0.2, -0.15) is 0 Å². The molecule has 18 heavy (non-hydrogen) atoms. The van der Waals surface area contributed by atoms with Crippen LogP contribution in [0, 0.1) is 0 Å². The maximum atomic E-state index is 6.04. The van der Waals surface area contributed by atoms with Crippen LogP contribution in [-0.4, -0.2) is 22.7 Å². The second kappa shape index (κ2) is 5.69. The Morgan fingerprint density at radius 3 is 2.89 bits per heavy atom. The number of halogens is 1. The van der Waals surface area contributed by atoms with Crippen LogP contribution < -0.4 is 5.73 Å². The molecule has 1 heterocycles. The highest BCUT2D eigenvalue weighted by atomic mass is 35.5. The minimum atomic E-state index is 0.310. The first-order valence-electron chi connectivity index (χ1n) is 6.07. The largest absolute Gasteiger partial charge is 0.372 e. The number of nitrogens with two attached hydrogens (primary N) is 1. The van der Waals surface area contributed by atoms with Gasteiger partial charge in [-0.3, -0.25) is 0 Å². The van der Waals surface area contributed by atoms with Gasteiger partial charge in [0.15, 0.2) is 0 Å². The molecule has 4 nitrogen and oxygen atoms in total. The van der Waals surface area contributed by atoms with Crippen LogP contribution in [0.3, 0.4) is 0 Å². The Hall–Kier alpha value is -1.10. The summed E-state index contributed by atoms with van der Waals surface area (Å²) in [5, 5.41) is 0.721. The maximum Gasteiger partial charge on any atom is 0.136 e. The van der Waals surface area contributed by atoms with E-state index in [1.807, 2.05) is 18.2 Å². The summed E-state index contributed by atoms with van der Waals surface area (Å²) in [4.78, 5) is 4.59. The zero-order valence-electron chi connectivity index (χ0n) is 10.7. The second-order valence-electron chi connectivity index (χ2n) is 4.47. The topological polar surface area (TPSA) is 53.1 Å². The smallest absolute Gasteiger partial charge is 0.136 e. The fourth-order valence-corrected chi connectivity index (χ4v) is 2.21. The van der Waals surface area contributed by atoms with Gasteiger partial charge in [0.1, 0.15) is 12.4 Å². The van der Waals surface area contributed by atoms with Crippen molar-refractivity contribution in [2.45, 2.75) is 26.5 Å². The third-order valence-corrected chi connectivity index (χ3v) is 2.97. The SMILES string of the molecule is CC(C)n1c(COCCN)nc2ccc(Cl)cc21. The molecular formula is C13H18ClN3O. The number of fused-ring (bicyclic) bond motifs is 1. The van der Waals surface area contributed by atoms with Crippen molar-refractivity contribution >= 4 is 22.6 Å². The van der Waals surface area contributed by atoms with Gasteiger partial charge in [0, 0.05) is 17.6 Å². The van der Waals surface area contributed by atoms with Gasteiger partial charge in [-0.15, -0.1) is 0 Å². The van der Waals surface area contributed by atoms with Crippen molar-refractivity contribution in [2.75, 3.05) is 13.2 Å². The van der Waals surface area contributed by atoms with E-state index in [1.165, 1.54) is 0 Å². The van der Waals surface area contributed by atoms with E-state index in [9.17, 15) is 0 Å². The standard InChI is InChI=1S/C13H18ClN3O/c1-9(2)17-12-7-10(14)3-4-11(12)16-13(17)8-18-6-5-15/h3-4,7,9H,5-6,8,15H2,1-2H3. The molecular weight excluding hydrogens is 250 g/mol. The Morgan fingerprint density at radius 2 is 2.22 bits per heavy atom. The zero-order chi connectivity index (χ0) is 13.1. The summed E-state index contributed by atoms with van der Waals surface area (Å²) in [6.07, 6.45) is 0. The molecule has 0 aliphatic heterocycles. The van der Waals surface area contributed by atoms with E-state index in [-0.39, 0.29) is 0 Å². The number of aromatic nitrogens is 2. The Labute approximate surface area is 112 Å². The van der Waals surface area contributed by atoms with Crippen LogP contribution in [-0.2, 0) is 11.3 Å². The van der Waals surface area contributed by atoms with Crippen molar-refractivity contribution in [2.24, 2.45) is 5.73 Å². The molecule has 2 rings (SSSR count). The highest BCUT2D eigenvalue weighted by molar-refractivity contribution is 6.31. The van der Waals surface area contributed by atoms with Crippen molar-refractivity contribution < 1.29 is 4.74 Å². The summed E-state index contributed by atoms with van der Waals surface area (Å²) in [5.74, 6) is 0.913. The quantitative estimate of drug-likeness (QED) is 0.848. The van der Waals surface area contributed by atoms with Crippen LogP contribution in [0.2, 0.25) is 5.02 Å². The highest BCUT2D eigenvalue weighted by Crippen LogP contribution is 2.24. The van der Waals surface area contributed by atoms with Crippen LogP contribution in [0.15, 0.2) is 18.2 Å². The third kappa shape index (κ3) is 2.66. The Kier molecular flexibility index (Phi) is 4.22. The molecule has 0 fully saturated rings. The predicted octanol–water partition coefficient (Wildman–Crippen LogP) is 2.75. The number of rotatable bonds is 5. The van der Waals surface area contributed by atoms with E-state index < -0.39 is 0 Å². The van der Waals surface area contributed by atoms with E-state index in [4.69, 9.17) is 22.1 Å². The van der Waals surface area contributed by atoms with Crippen molar-refractivity contribution in [1.82, 2.24) is 9.55 Å². The molecule has 0 atom stereocenters. The first-order valence-corrected chi connectivity index (χ1v) is 6.45. The van der Waals surface area contributed by atoms with Crippen LogP contribution in [0.5, 0.6) is 0 Å². The summed E-state index contributed by atoms with van der Waals surface area (Å²) in [6, 6.07) is 6.04. The first kappa shape index (κ1) is 13.3. The van der Waals surface area contributed by atoms with Crippen LogP contribution >= 0.6 is 11.6 Å². The molecule has 98 valence electrons. The molecule has 1 aromatic heterocycles. The Morgan fingerprint density at radius 1 is 1.44 bits per heavy atom. The first-order chi connectivity index (χ1) is 8.63. The molecule has 0 unspecified atom stereocenters. The maximum absolute atomic E-state index is 6.04. The number of benzene rings is 1. The average molecular weight is 268 g/mol. The monoisotopic (exact) mass is 267 g/mol. The lowest BCUT2D eigenvalue weighted by atomic mass is 10.3. The van der Waals surface area contributed by atoms with Gasteiger partial charge in [0.25, 0.3) is 0 Å². The molecule has 0 saturated heterocycles. The lowest BCUT2D eigenvalue weighted by Crippen LogP contribution is -2.12. The summed E-state index contributed by atoms with van der Waals surface area (Å²) in [5.41, 5.74) is 7.40. The molecule has 1 aromatic carbocycles. The molecule has 0 amide bonds. The fraction of sp³-hybridized carbons (Fsp3) is 0.462. The molecule has 0 aliphatic carbocycles. The normalized spacial score (nSPS) is 11.6. The van der Waals surface area contributed by atoms with E-state index in [0.717, 1.165) is 21.9 Å². The third-order valence-electron chi connectivity index (χ3n) is 2.73. The zero-order valence-corrected chi connectivity index (χ0v) is 11.4. The number of nitrogens with zero attached hydrogens (tertiary/aromatic N) is 2. The average Bonchev–Trinajstić information content (AvgIpc) is 2.67. The van der Waals surface area contributed by atoms with Gasteiger partial charge in [0.2, 0.25) is 0 Å². The molecule has 5 heteroatoms. The lowest BCUT2D eigenvalue weighted by molar-refractivity contribution is 0.119. The van der Waals surface area contributed by atoms with E-state index >= 15 is 0 Å². The number of ether oxygens (including phenoxy) is 1. The van der Waals surface area contributed by atoms with Crippen LogP contribution in [0.1, 0.15) is 25.7 Å². The van der Waals surface area contributed by atoms with Crippen LogP contribution in [0.4, 0.5) is 0 Å². The van der Waals surface area contributed by atoms with Gasteiger partial charge in [-0.1, -0.05) is 11.6 Å². The second-order valence-corrected chi connectivity index (χ2v) is 4.90. The summed E-state index contributed by atoms with van der Waals surface area (Å²) in [7, 11) is 0. The summed E-state index contributed by atoms with van der Waals surface area (Å²) in [6.45, 7) is 5.78. The lowest BCUT2D eigenvalue weighted by Gasteiger charge is -2.13. The molecule has 0 radical (unpaired) electrons. The predicted molar refractivity (Wildman–Crippen MR) is 73.8 cm³/mol. The van der Waals surface area contributed by atoms with Crippen molar-refractivity contribution in [1.29, 1.82) is 0 Å². The van der Waals surface area contributed by atoms with Gasteiger partial charge in [-0.05, 0) is 32.0 Å². The molecule has 0 bridgehead atoms. The van der Waals surface area contributed by atoms with Crippen LogP contribution in [0.25, 0.3) is 11.0 Å². The van der Waals surface area contributed by atoms with E-state index in [0.29, 0.717) is 25.8 Å². The molecule has 0 aliphatic rings. The van der Waals surface area contributed by atoms with E-state index in [1.54, 1.807) is 0 Å². The van der Waals surface area contributed by atoms with Gasteiger partial charge < -0.3 is 15.0 Å². The molecule has 2 aromatic rings. The summed E-state index contributed by atoms with van der Waals surface area (Å²) >= 11 is 6.04. The number of hydrogen-bond donors (Lipinski definition) is 1. The molecule has 0 saturated carbocycles. The number of imidazole rings is 1. The van der Waals surface area contributed by atoms with E-state index in [2.05, 4.69) is 23.4 Å². The number of hydrogen-bond acceptors (Lipinski definition) is 3. The minimum absolute atomic E-state index is 0.310.